The number of hydrogen-bond acceptors (Lipinski definition) is 4. The van der Waals surface area contributed by atoms with Gasteiger partial charge in [-0.15, -0.1) is 0 Å². The molecule has 5 nitrogen and oxygen atoms in total. The zero-order valence-corrected chi connectivity index (χ0v) is 11.2. The summed E-state index contributed by atoms with van der Waals surface area (Å²) in [6.45, 7) is 0.655. The summed E-state index contributed by atoms with van der Waals surface area (Å²) >= 11 is 0. The lowest BCUT2D eigenvalue weighted by Gasteiger charge is -2.09. The Morgan fingerprint density at radius 2 is 1.86 bits per heavy atom. The molecule has 0 bridgehead atoms. The van der Waals surface area contributed by atoms with E-state index in [1.54, 1.807) is 18.3 Å². The van der Waals surface area contributed by atoms with Crippen molar-refractivity contribution >= 4 is 22.3 Å². The molecule has 1 heterocycles. The lowest BCUT2D eigenvalue weighted by atomic mass is 10.1. The summed E-state index contributed by atoms with van der Waals surface area (Å²) in [5.41, 5.74) is 2.41. The van der Waals surface area contributed by atoms with Crippen LogP contribution in [-0.4, -0.2) is 9.91 Å². The van der Waals surface area contributed by atoms with Gasteiger partial charge in [0, 0.05) is 29.9 Å². The van der Waals surface area contributed by atoms with E-state index in [1.165, 1.54) is 6.07 Å². The molecule has 0 amide bonds. The molecule has 104 valence electrons. The molecular formula is C16H13N3O2. The van der Waals surface area contributed by atoms with Gasteiger partial charge in [0.1, 0.15) is 5.52 Å². The number of nitrogens with one attached hydrogen (secondary N) is 1. The average molecular weight is 279 g/mol. The number of nitro groups is 1. The molecule has 0 fully saturated rings. The number of non-ortho nitro benzene ring substituents is 1. The Labute approximate surface area is 121 Å². The molecule has 3 aromatic rings. The molecular weight excluding hydrogens is 266 g/mol. The molecule has 0 aliphatic heterocycles. The first-order valence-corrected chi connectivity index (χ1v) is 6.55. The minimum atomic E-state index is -0.406. The molecule has 0 saturated heterocycles. The smallest absolute Gasteiger partial charge is 0.295 e. The number of aromatic nitrogens is 1. The van der Waals surface area contributed by atoms with Gasteiger partial charge in [-0.1, -0.05) is 30.3 Å². The van der Waals surface area contributed by atoms with E-state index in [4.69, 9.17) is 0 Å². The van der Waals surface area contributed by atoms with Crippen molar-refractivity contribution in [2.75, 3.05) is 5.32 Å². The van der Waals surface area contributed by atoms with E-state index in [2.05, 4.69) is 10.3 Å². The van der Waals surface area contributed by atoms with E-state index in [9.17, 15) is 10.1 Å². The van der Waals surface area contributed by atoms with Crippen LogP contribution in [0.1, 0.15) is 5.56 Å². The number of anilines is 1. The molecule has 3 rings (SSSR count). The Kier molecular flexibility index (Phi) is 3.47. The molecule has 0 radical (unpaired) electrons. The van der Waals surface area contributed by atoms with E-state index < -0.39 is 4.92 Å². The zero-order chi connectivity index (χ0) is 14.7. The average Bonchev–Trinajstić information content (AvgIpc) is 2.53. The normalized spacial score (nSPS) is 10.5. The second-order valence-corrected chi connectivity index (χ2v) is 4.63. The monoisotopic (exact) mass is 279 g/mol. The molecule has 1 N–H and O–H groups in total. The summed E-state index contributed by atoms with van der Waals surface area (Å²) in [5.74, 6) is 0. The summed E-state index contributed by atoms with van der Waals surface area (Å²) in [6.07, 6.45) is 1.57. The van der Waals surface area contributed by atoms with E-state index in [-0.39, 0.29) is 5.69 Å². The van der Waals surface area contributed by atoms with Crippen LogP contribution in [0.15, 0.2) is 60.8 Å². The molecule has 2 aromatic carbocycles. The minimum absolute atomic E-state index is 0.0239. The molecule has 0 unspecified atom stereocenters. The predicted molar refractivity (Wildman–Crippen MR) is 82.2 cm³/mol. The van der Waals surface area contributed by atoms with Gasteiger partial charge in [-0.2, -0.15) is 0 Å². The number of nitrogens with zero attached hydrogens (tertiary/aromatic N) is 2. The maximum absolute atomic E-state index is 11.1. The Morgan fingerprint density at radius 1 is 1.05 bits per heavy atom. The number of nitro benzene ring substituents is 1. The number of hydrogen-bond donors (Lipinski definition) is 1. The first-order chi connectivity index (χ1) is 10.3. The number of fused-ring (bicyclic) bond motifs is 1. The van der Waals surface area contributed by atoms with Gasteiger partial charge in [-0.05, 0) is 23.8 Å². The third-order valence-electron chi connectivity index (χ3n) is 3.27. The Bertz CT molecular complexity index is 788. The topological polar surface area (TPSA) is 68.1 Å². The van der Waals surface area contributed by atoms with Crippen LogP contribution < -0.4 is 5.32 Å². The van der Waals surface area contributed by atoms with Gasteiger partial charge >= 0.3 is 0 Å². The lowest BCUT2D eigenvalue weighted by molar-refractivity contribution is -0.383. The van der Waals surface area contributed by atoms with Crippen LogP contribution >= 0.6 is 0 Å². The highest BCUT2D eigenvalue weighted by molar-refractivity contribution is 5.96. The van der Waals surface area contributed by atoms with Crippen molar-refractivity contribution in [3.63, 3.8) is 0 Å². The quantitative estimate of drug-likeness (QED) is 0.583. The van der Waals surface area contributed by atoms with Gasteiger partial charge in [-0.3, -0.25) is 10.1 Å². The van der Waals surface area contributed by atoms with Crippen molar-refractivity contribution < 1.29 is 4.92 Å². The molecule has 1 aromatic heterocycles. The molecule has 21 heavy (non-hydrogen) atoms. The van der Waals surface area contributed by atoms with E-state index in [0.717, 1.165) is 16.6 Å². The summed E-state index contributed by atoms with van der Waals surface area (Å²) in [6, 6.07) is 16.8. The van der Waals surface area contributed by atoms with Crippen molar-refractivity contribution in [1.82, 2.24) is 4.98 Å². The van der Waals surface area contributed by atoms with Gasteiger partial charge in [0.2, 0.25) is 0 Å². The maximum Gasteiger partial charge on any atom is 0.295 e. The third-order valence-corrected chi connectivity index (χ3v) is 3.27. The van der Waals surface area contributed by atoms with Gasteiger partial charge in [0.25, 0.3) is 5.69 Å². The first kappa shape index (κ1) is 13.1. The van der Waals surface area contributed by atoms with Crippen LogP contribution in [-0.2, 0) is 6.54 Å². The SMILES string of the molecule is O=[N+]([O-])c1ccc(NCc2ccccc2)c2cccnc12. The Morgan fingerprint density at radius 3 is 2.62 bits per heavy atom. The lowest BCUT2D eigenvalue weighted by Crippen LogP contribution is -2.01. The van der Waals surface area contributed by atoms with Gasteiger partial charge < -0.3 is 5.32 Å². The Balaban J connectivity index is 1.96. The zero-order valence-electron chi connectivity index (χ0n) is 11.2. The predicted octanol–water partition coefficient (Wildman–Crippen LogP) is 3.76. The molecule has 0 aliphatic rings. The second kappa shape index (κ2) is 5.58. The second-order valence-electron chi connectivity index (χ2n) is 4.63. The fourth-order valence-corrected chi connectivity index (χ4v) is 2.25. The van der Waals surface area contributed by atoms with Gasteiger partial charge in [0.05, 0.1) is 4.92 Å². The van der Waals surface area contributed by atoms with Crippen molar-refractivity contribution in [3.8, 4) is 0 Å². The molecule has 0 aliphatic carbocycles. The first-order valence-electron chi connectivity index (χ1n) is 6.55. The standard InChI is InChI=1S/C16H13N3O2/c20-19(21)15-9-8-14(13-7-4-10-17-16(13)15)18-11-12-5-2-1-3-6-12/h1-10,18H,11H2. The van der Waals surface area contributed by atoms with Crippen molar-refractivity contribution in [2.24, 2.45) is 0 Å². The summed E-state index contributed by atoms with van der Waals surface area (Å²) in [5, 5.41) is 15.1. The fraction of sp³-hybridized carbons (Fsp3) is 0.0625. The fourth-order valence-electron chi connectivity index (χ4n) is 2.25. The number of rotatable bonds is 4. The van der Waals surface area contributed by atoms with Crippen molar-refractivity contribution in [1.29, 1.82) is 0 Å². The highest BCUT2D eigenvalue weighted by Gasteiger charge is 2.14. The van der Waals surface area contributed by atoms with Crippen LogP contribution in [0, 0.1) is 10.1 Å². The maximum atomic E-state index is 11.1. The van der Waals surface area contributed by atoms with Crippen LogP contribution in [0.25, 0.3) is 10.9 Å². The largest absolute Gasteiger partial charge is 0.380 e. The summed E-state index contributed by atoms with van der Waals surface area (Å²) in [4.78, 5) is 14.8. The Hall–Kier alpha value is -2.95. The van der Waals surface area contributed by atoms with E-state index in [0.29, 0.717) is 12.1 Å². The van der Waals surface area contributed by atoms with Gasteiger partial charge in [0.15, 0.2) is 0 Å². The highest BCUT2D eigenvalue weighted by Crippen LogP contribution is 2.29. The number of benzene rings is 2. The van der Waals surface area contributed by atoms with E-state index in [1.807, 2.05) is 36.4 Å². The molecule has 5 heteroatoms. The van der Waals surface area contributed by atoms with E-state index >= 15 is 0 Å². The van der Waals surface area contributed by atoms with Crippen molar-refractivity contribution in [2.45, 2.75) is 6.54 Å². The third kappa shape index (κ3) is 2.67. The summed E-state index contributed by atoms with van der Waals surface area (Å²) in [7, 11) is 0. The van der Waals surface area contributed by atoms with Crippen molar-refractivity contribution in [3.05, 3.63) is 76.5 Å². The van der Waals surface area contributed by atoms with Gasteiger partial charge in [-0.25, -0.2) is 4.98 Å². The van der Waals surface area contributed by atoms with Crippen LogP contribution in [0.2, 0.25) is 0 Å². The molecule has 0 saturated carbocycles. The highest BCUT2D eigenvalue weighted by atomic mass is 16.6. The van der Waals surface area contributed by atoms with Crippen LogP contribution in [0.5, 0.6) is 0 Å². The summed E-state index contributed by atoms with van der Waals surface area (Å²) < 4.78 is 0. The number of pyridine rings is 1. The van der Waals surface area contributed by atoms with Crippen LogP contribution in [0.3, 0.4) is 0 Å². The molecule has 0 spiro atoms. The molecule has 0 atom stereocenters. The minimum Gasteiger partial charge on any atom is -0.380 e. The van der Waals surface area contributed by atoms with Crippen LogP contribution in [0.4, 0.5) is 11.4 Å².